The summed E-state index contributed by atoms with van der Waals surface area (Å²) in [5.74, 6) is -0.544. The SMILES string of the molecule is CC(C)CC(NC(=O)Oc1ccc(-c2ccccc2)s1)C(=O)N1CCC2C1C(=O)CN2C(=O)c1ccsc1. The molecule has 5 rings (SSSR count). The van der Waals surface area contributed by atoms with Crippen LogP contribution in [0.1, 0.15) is 37.0 Å². The Balaban J connectivity index is 1.26. The maximum Gasteiger partial charge on any atom is 0.414 e. The van der Waals surface area contributed by atoms with E-state index < -0.39 is 18.2 Å². The molecule has 3 amide bonds. The molecule has 2 aromatic heterocycles. The summed E-state index contributed by atoms with van der Waals surface area (Å²) in [7, 11) is 0. The first-order valence-corrected chi connectivity index (χ1v) is 14.4. The zero-order valence-corrected chi connectivity index (χ0v) is 22.8. The highest BCUT2D eigenvalue weighted by Crippen LogP contribution is 2.34. The molecule has 0 saturated carbocycles. The third kappa shape index (κ3) is 5.37. The van der Waals surface area contributed by atoms with Crippen LogP contribution in [0.5, 0.6) is 5.06 Å². The summed E-state index contributed by atoms with van der Waals surface area (Å²) in [4.78, 5) is 56.5. The normalized spacial score (nSPS) is 19.5. The topological polar surface area (TPSA) is 96.0 Å². The van der Waals surface area contributed by atoms with Crippen LogP contribution in [0.2, 0.25) is 0 Å². The number of ketones is 1. The molecule has 0 spiro atoms. The van der Waals surface area contributed by atoms with Crippen molar-refractivity contribution in [2.75, 3.05) is 13.1 Å². The third-order valence-electron chi connectivity index (χ3n) is 6.86. The van der Waals surface area contributed by atoms with Crippen LogP contribution in [-0.4, -0.2) is 64.7 Å². The summed E-state index contributed by atoms with van der Waals surface area (Å²) in [5.41, 5.74) is 1.58. The number of fused-ring (bicyclic) bond motifs is 1. The Morgan fingerprint density at radius 3 is 2.58 bits per heavy atom. The van der Waals surface area contributed by atoms with Gasteiger partial charge in [-0.15, -0.1) is 0 Å². The van der Waals surface area contributed by atoms with Crippen molar-refractivity contribution in [2.45, 2.75) is 44.8 Å². The van der Waals surface area contributed by atoms with Gasteiger partial charge in [0.05, 0.1) is 18.2 Å². The molecule has 10 heteroatoms. The highest BCUT2D eigenvalue weighted by molar-refractivity contribution is 7.17. The molecule has 3 atom stereocenters. The molecule has 2 aliphatic heterocycles. The second-order valence-corrected chi connectivity index (χ2v) is 11.8. The largest absolute Gasteiger partial charge is 0.414 e. The fraction of sp³-hybridized carbons (Fsp3) is 0.357. The van der Waals surface area contributed by atoms with E-state index in [0.29, 0.717) is 30.0 Å². The van der Waals surface area contributed by atoms with Gasteiger partial charge in [0, 0.05) is 16.8 Å². The van der Waals surface area contributed by atoms with Crippen LogP contribution >= 0.6 is 22.7 Å². The fourth-order valence-corrected chi connectivity index (χ4v) is 6.67. The van der Waals surface area contributed by atoms with Gasteiger partial charge in [-0.25, -0.2) is 4.79 Å². The van der Waals surface area contributed by atoms with Crippen molar-refractivity contribution in [3.8, 4) is 15.5 Å². The molecule has 2 saturated heterocycles. The first-order chi connectivity index (χ1) is 18.3. The molecule has 0 radical (unpaired) electrons. The van der Waals surface area contributed by atoms with Gasteiger partial charge in [0.25, 0.3) is 5.91 Å². The van der Waals surface area contributed by atoms with Crippen LogP contribution < -0.4 is 10.1 Å². The van der Waals surface area contributed by atoms with Crippen molar-refractivity contribution in [2.24, 2.45) is 5.92 Å². The third-order valence-corrected chi connectivity index (χ3v) is 8.56. The molecular formula is C28H29N3O5S2. The number of likely N-dealkylation sites (tertiary alicyclic amines) is 2. The average Bonchev–Trinajstić information content (AvgIpc) is 3.69. The quantitative estimate of drug-likeness (QED) is 0.460. The number of hydrogen-bond acceptors (Lipinski definition) is 7. The second-order valence-electron chi connectivity index (χ2n) is 9.94. The predicted octanol–water partition coefficient (Wildman–Crippen LogP) is 4.67. The number of Topliss-reactive ketones (excluding diaryl/α,β-unsaturated/α-hetero) is 1. The lowest BCUT2D eigenvalue weighted by Crippen LogP contribution is -2.53. The Morgan fingerprint density at radius 1 is 1.08 bits per heavy atom. The van der Waals surface area contributed by atoms with Crippen LogP contribution in [0.25, 0.3) is 10.4 Å². The Morgan fingerprint density at radius 2 is 1.87 bits per heavy atom. The minimum Gasteiger partial charge on any atom is -0.399 e. The van der Waals surface area contributed by atoms with Crippen LogP contribution in [0, 0.1) is 5.92 Å². The van der Waals surface area contributed by atoms with E-state index in [4.69, 9.17) is 4.74 Å². The Labute approximate surface area is 229 Å². The summed E-state index contributed by atoms with van der Waals surface area (Å²) in [5, 5.41) is 6.75. The second kappa shape index (κ2) is 11.1. The molecule has 0 aliphatic carbocycles. The summed E-state index contributed by atoms with van der Waals surface area (Å²) in [6.45, 7) is 4.27. The van der Waals surface area contributed by atoms with Crippen LogP contribution in [0.4, 0.5) is 4.79 Å². The summed E-state index contributed by atoms with van der Waals surface area (Å²) in [6, 6.07) is 13.3. The molecule has 3 unspecified atom stereocenters. The zero-order chi connectivity index (χ0) is 26.8. The van der Waals surface area contributed by atoms with Crippen LogP contribution in [0.3, 0.4) is 0 Å². The van der Waals surface area contributed by atoms with Crippen molar-refractivity contribution >= 4 is 46.4 Å². The molecule has 2 aliphatic rings. The number of ether oxygens (including phenoxy) is 1. The van der Waals surface area contributed by atoms with E-state index in [1.165, 1.54) is 22.7 Å². The number of nitrogens with zero attached hydrogens (tertiary/aromatic N) is 2. The maximum atomic E-state index is 13.7. The Hall–Kier alpha value is -3.50. The molecule has 2 fully saturated rings. The maximum absolute atomic E-state index is 13.7. The predicted molar refractivity (Wildman–Crippen MR) is 146 cm³/mol. The number of carbonyl (C=O) groups excluding carboxylic acids is 4. The molecule has 3 aromatic rings. The van der Waals surface area contributed by atoms with Crippen molar-refractivity contribution in [3.63, 3.8) is 0 Å². The number of nitrogens with one attached hydrogen (secondary N) is 1. The smallest absolute Gasteiger partial charge is 0.399 e. The molecule has 1 N–H and O–H groups in total. The lowest BCUT2D eigenvalue weighted by molar-refractivity contribution is -0.138. The van der Waals surface area contributed by atoms with Crippen molar-refractivity contribution < 1.29 is 23.9 Å². The van der Waals surface area contributed by atoms with Gasteiger partial charge in [0.15, 0.2) is 10.8 Å². The highest BCUT2D eigenvalue weighted by atomic mass is 32.1. The van der Waals surface area contributed by atoms with E-state index in [1.807, 2.05) is 55.6 Å². The molecule has 4 heterocycles. The van der Waals surface area contributed by atoms with Crippen molar-refractivity contribution in [1.82, 2.24) is 15.1 Å². The molecule has 8 nitrogen and oxygen atoms in total. The zero-order valence-electron chi connectivity index (χ0n) is 21.2. The van der Waals surface area contributed by atoms with Gasteiger partial charge in [-0.05, 0) is 47.9 Å². The molecule has 198 valence electrons. The number of thiophene rings is 2. The van der Waals surface area contributed by atoms with Crippen LogP contribution in [0.15, 0.2) is 59.3 Å². The average molecular weight is 552 g/mol. The number of rotatable bonds is 7. The monoisotopic (exact) mass is 551 g/mol. The van der Waals surface area contributed by atoms with Gasteiger partial charge in [0.2, 0.25) is 5.91 Å². The number of carbonyl (C=O) groups is 4. The summed E-state index contributed by atoms with van der Waals surface area (Å²) in [6.07, 6.45) is 0.204. The Kier molecular flexibility index (Phi) is 7.62. The van der Waals surface area contributed by atoms with Crippen LogP contribution in [-0.2, 0) is 9.59 Å². The van der Waals surface area contributed by atoms with E-state index >= 15 is 0 Å². The first-order valence-electron chi connectivity index (χ1n) is 12.6. The summed E-state index contributed by atoms with van der Waals surface area (Å²) < 4.78 is 5.52. The van der Waals surface area contributed by atoms with E-state index in [2.05, 4.69) is 5.32 Å². The Bertz CT molecular complexity index is 1320. The summed E-state index contributed by atoms with van der Waals surface area (Å²) >= 11 is 2.77. The van der Waals surface area contributed by atoms with Gasteiger partial charge >= 0.3 is 6.09 Å². The number of amides is 3. The van der Waals surface area contributed by atoms with Gasteiger partial charge in [-0.3, -0.25) is 14.4 Å². The van der Waals surface area contributed by atoms with E-state index in [0.717, 1.165) is 10.4 Å². The minimum atomic E-state index is -0.843. The lowest BCUT2D eigenvalue weighted by Gasteiger charge is -2.28. The van der Waals surface area contributed by atoms with Gasteiger partial charge in [0.1, 0.15) is 12.1 Å². The van der Waals surface area contributed by atoms with E-state index in [9.17, 15) is 19.2 Å². The fourth-order valence-electron chi connectivity index (χ4n) is 5.18. The highest BCUT2D eigenvalue weighted by Gasteiger charge is 2.52. The number of benzene rings is 1. The number of hydrogen-bond donors (Lipinski definition) is 1. The first kappa shape index (κ1) is 26.1. The van der Waals surface area contributed by atoms with E-state index in [-0.39, 0.29) is 36.1 Å². The lowest BCUT2D eigenvalue weighted by atomic mass is 10.0. The van der Waals surface area contributed by atoms with E-state index in [1.54, 1.807) is 27.3 Å². The van der Waals surface area contributed by atoms with Gasteiger partial charge in [-0.1, -0.05) is 55.5 Å². The van der Waals surface area contributed by atoms with Gasteiger partial charge < -0.3 is 19.9 Å². The molecule has 38 heavy (non-hydrogen) atoms. The standard InChI is InChI=1S/C28H29N3O5S2/c1-17(2)14-20(29-28(35)36-24-9-8-23(38-24)18-6-4-3-5-7-18)27(34)30-12-10-21-25(30)22(32)15-31(21)26(33)19-11-13-37-16-19/h3-9,11,13,16-17,20-21,25H,10,12,14-15H2,1-2H3,(H,29,35). The van der Waals surface area contributed by atoms with Crippen molar-refractivity contribution in [3.05, 3.63) is 64.9 Å². The van der Waals surface area contributed by atoms with Crippen molar-refractivity contribution in [1.29, 1.82) is 0 Å². The van der Waals surface area contributed by atoms with Gasteiger partial charge in [-0.2, -0.15) is 11.3 Å². The minimum absolute atomic E-state index is 0.0137. The molecule has 1 aromatic carbocycles. The molecule has 0 bridgehead atoms. The molecular weight excluding hydrogens is 522 g/mol.